The topological polar surface area (TPSA) is 84.2 Å². The van der Waals surface area contributed by atoms with Crippen molar-refractivity contribution in [2.75, 3.05) is 16.8 Å². The molecular weight excluding hydrogens is 429 g/mol. The van der Waals surface area contributed by atoms with E-state index in [0.717, 1.165) is 12.0 Å². The first-order valence-electron chi connectivity index (χ1n) is 8.56. The zero-order chi connectivity index (χ0) is 19.7. The summed E-state index contributed by atoms with van der Waals surface area (Å²) in [6.07, 6.45) is 2.02. The highest BCUT2D eigenvalue weighted by Crippen LogP contribution is 2.36. The van der Waals surface area contributed by atoms with E-state index in [1.54, 1.807) is 6.07 Å². The highest BCUT2D eigenvalue weighted by atomic mass is 79.9. The van der Waals surface area contributed by atoms with Crippen molar-refractivity contribution < 1.29 is 9.31 Å². The van der Waals surface area contributed by atoms with Gasteiger partial charge in [0.2, 0.25) is 11.6 Å². The summed E-state index contributed by atoms with van der Waals surface area (Å²) >= 11 is 3.19. The maximum Gasteiger partial charge on any atom is 0.353 e. The van der Waals surface area contributed by atoms with Gasteiger partial charge in [-0.05, 0) is 35.7 Å². The van der Waals surface area contributed by atoms with Crippen LogP contribution in [0.3, 0.4) is 0 Å². The molecule has 0 saturated heterocycles. The van der Waals surface area contributed by atoms with Gasteiger partial charge in [0, 0.05) is 17.6 Å². The number of nitro groups is 1. The summed E-state index contributed by atoms with van der Waals surface area (Å²) in [5.74, 6) is -0.375. The monoisotopic (exact) mass is 443 g/mol. The van der Waals surface area contributed by atoms with Crippen molar-refractivity contribution in [3.8, 4) is 0 Å². The van der Waals surface area contributed by atoms with Crippen LogP contribution in [0.1, 0.15) is 11.1 Å². The number of hydrogen-bond acceptors (Lipinski definition) is 6. The third-order valence-electron chi connectivity index (χ3n) is 4.60. The molecule has 0 spiro atoms. The Kier molecular flexibility index (Phi) is 4.91. The molecule has 2 aromatic carbocycles. The Hall–Kier alpha value is -3.07. The standard InChI is InChI=1S/C19H15BrFN5O2/c20-14-5-6-16(15(21)9-14)24-18-17(26(27)28)19(23-11-22-18)25-8-7-12-3-1-2-4-13(12)10-25/h1-6,9,11H,7-8,10H2,(H,22,23,24). The molecule has 1 aliphatic rings. The molecule has 1 N–H and O–H groups in total. The second-order valence-electron chi connectivity index (χ2n) is 6.34. The molecule has 0 fully saturated rings. The number of nitrogens with one attached hydrogen (secondary N) is 1. The average Bonchev–Trinajstić information content (AvgIpc) is 2.69. The first-order valence-corrected chi connectivity index (χ1v) is 9.35. The normalized spacial score (nSPS) is 13.1. The van der Waals surface area contributed by atoms with Crippen LogP contribution in [0.4, 0.5) is 27.4 Å². The number of fused-ring (bicyclic) bond motifs is 1. The van der Waals surface area contributed by atoms with Gasteiger partial charge < -0.3 is 10.2 Å². The fourth-order valence-corrected chi connectivity index (χ4v) is 3.59. The van der Waals surface area contributed by atoms with Crippen molar-refractivity contribution in [2.45, 2.75) is 13.0 Å². The van der Waals surface area contributed by atoms with Crippen LogP contribution in [0.2, 0.25) is 0 Å². The van der Waals surface area contributed by atoms with Gasteiger partial charge in [-0.1, -0.05) is 40.2 Å². The molecule has 3 aromatic rings. The van der Waals surface area contributed by atoms with Gasteiger partial charge >= 0.3 is 5.69 Å². The van der Waals surface area contributed by atoms with E-state index in [2.05, 4.69) is 37.3 Å². The Morgan fingerprint density at radius 2 is 1.96 bits per heavy atom. The summed E-state index contributed by atoms with van der Waals surface area (Å²) in [6.45, 7) is 1.11. The minimum absolute atomic E-state index is 0.0462. The molecule has 0 atom stereocenters. The van der Waals surface area contributed by atoms with Crippen LogP contribution < -0.4 is 10.2 Å². The smallest absolute Gasteiger partial charge is 0.346 e. The maximum absolute atomic E-state index is 14.2. The van der Waals surface area contributed by atoms with Crippen molar-refractivity contribution in [1.82, 2.24) is 9.97 Å². The molecule has 4 rings (SSSR count). The largest absolute Gasteiger partial charge is 0.353 e. The minimum Gasteiger partial charge on any atom is -0.346 e. The molecule has 28 heavy (non-hydrogen) atoms. The van der Waals surface area contributed by atoms with Gasteiger partial charge in [0.1, 0.15) is 12.1 Å². The van der Waals surface area contributed by atoms with E-state index in [1.807, 2.05) is 23.1 Å². The van der Waals surface area contributed by atoms with E-state index in [0.29, 0.717) is 17.6 Å². The first kappa shape index (κ1) is 18.3. The van der Waals surface area contributed by atoms with Crippen molar-refractivity contribution >= 4 is 38.9 Å². The molecule has 0 saturated carbocycles. The lowest BCUT2D eigenvalue weighted by molar-refractivity contribution is -0.383. The predicted octanol–water partition coefficient (Wildman–Crippen LogP) is 4.59. The van der Waals surface area contributed by atoms with Crippen molar-refractivity contribution in [3.05, 3.63) is 80.3 Å². The summed E-state index contributed by atoms with van der Waals surface area (Å²) in [5, 5.41) is 14.6. The Morgan fingerprint density at radius 1 is 1.18 bits per heavy atom. The van der Waals surface area contributed by atoms with Gasteiger partial charge in [0.05, 0.1) is 10.6 Å². The fraction of sp³-hybridized carbons (Fsp3) is 0.158. The lowest BCUT2D eigenvalue weighted by atomic mass is 10.00. The first-order chi connectivity index (χ1) is 13.5. The molecule has 9 heteroatoms. The third-order valence-corrected chi connectivity index (χ3v) is 5.09. The molecule has 0 bridgehead atoms. The second kappa shape index (κ2) is 7.51. The number of rotatable bonds is 4. The summed E-state index contributed by atoms with van der Waals surface area (Å²) < 4.78 is 14.7. The van der Waals surface area contributed by atoms with E-state index in [1.165, 1.54) is 24.0 Å². The summed E-state index contributed by atoms with van der Waals surface area (Å²) in [5.41, 5.74) is 2.16. The average molecular weight is 444 g/mol. The van der Waals surface area contributed by atoms with E-state index in [-0.39, 0.29) is 23.0 Å². The minimum atomic E-state index is -0.546. The Balaban J connectivity index is 1.71. The van der Waals surface area contributed by atoms with E-state index in [4.69, 9.17) is 0 Å². The molecule has 0 radical (unpaired) electrons. The van der Waals surface area contributed by atoms with Crippen molar-refractivity contribution in [3.63, 3.8) is 0 Å². The van der Waals surface area contributed by atoms with Crippen LogP contribution in [-0.4, -0.2) is 21.4 Å². The lowest BCUT2D eigenvalue weighted by Gasteiger charge is -2.29. The SMILES string of the molecule is O=[N+]([O-])c1c(Nc2ccc(Br)cc2F)ncnc1N1CCc2ccccc2C1. The zero-order valence-electron chi connectivity index (χ0n) is 14.6. The van der Waals surface area contributed by atoms with E-state index in [9.17, 15) is 14.5 Å². The van der Waals surface area contributed by atoms with Crippen LogP contribution in [0, 0.1) is 15.9 Å². The molecule has 1 aliphatic heterocycles. The third kappa shape index (κ3) is 3.53. The Labute approximate surface area is 168 Å². The van der Waals surface area contributed by atoms with E-state index < -0.39 is 10.7 Å². The Bertz CT molecular complexity index is 1060. The molecule has 0 amide bonds. The van der Waals surface area contributed by atoms with Crippen LogP contribution >= 0.6 is 15.9 Å². The lowest BCUT2D eigenvalue weighted by Crippen LogP contribution is -2.31. The number of benzene rings is 2. The van der Waals surface area contributed by atoms with E-state index >= 15 is 0 Å². The van der Waals surface area contributed by atoms with Crippen molar-refractivity contribution in [1.29, 1.82) is 0 Å². The summed E-state index contributed by atoms with van der Waals surface area (Å²) in [6, 6.07) is 12.4. The fourth-order valence-electron chi connectivity index (χ4n) is 3.26. The highest BCUT2D eigenvalue weighted by Gasteiger charge is 2.29. The van der Waals surface area contributed by atoms with Gasteiger partial charge in [0.25, 0.3) is 0 Å². The van der Waals surface area contributed by atoms with Crippen LogP contribution in [0.25, 0.3) is 0 Å². The van der Waals surface area contributed by atoms with Gasteiger partial charge in [-0.15, -0.1) is 0 Å². The van der Waals surface area contributed by atoms with Gasteiger partial charge in [-0.2, -0.15) is 0 Å². The number of nitrogens with zero attached hydrogens (tertiary/aromatic N) is 4. The number of anilines is 3. The number of aromatic nitrogens is 2. The molecule has 0 unspecified atom stereocenters. The second-order valence-corrected chi connectivity index (χ2v) is 7.26. The quantitative estimate of drug-likeness (QED) is 0.468. The number of hydrogen-bond donors (Lipinski definition) is 1. The highest BCUT2D eigenvalue weighted by molar-refractivity contribution is 9.10. The molecule has 142 valence electrons. The molecule has 1 aromatic heterocycles. The van der Waals surface area contributed by atoms with Gasteiger partial charge in [0.15, 0.2) is 0 Å². The zero-order valence-corrected chi connectivity index (χ0v) is 16.2. The number of halogens is 2. The van der Waals surface area contributed by atoms with Gasteiger partial charge in [-0.25, -0.2) is 14.4 Å². The maximum atomic E-state index is 14.2. The predicted molar refractivity (Wildman–Crippen MR) is 107 cm³/mol. The molecule has 7 nitrogen and oxygen atoms in total. The van der Waals surface area contributed by atoms with Crippen LogP contribution in [0.5, 0.6) is 0 Å². The molecular formula is C19H15BrFN5O2. The summed E-state index contributed by atoms with van der Waals surface area (Å²) in [4.78, 5) is 21.3. The van der Waals surface area contributed by atoms with Crippen LogP contribution in [-0.2, 0) is 13.0 Å². The molecule has 2 heterocycles. The summed E-state index contributed by atoms with van der Waals surface area (Å²) in [7, 11) is 0. The van der Waals surface area contributed by atoms with Gasteiger partial charge in [-0.3, -0.25) is 10.1 Å². The van der Waals surface area contributed by atoms with Crippen LogP contribution in [0.15, 0.2) is 53.3 Å². The molecule has 0 aliphatic carbocycles. The Morgan fingerprint density at radius 3 is 2.71 bits per heavy atom. The van der Waals surface area contributed by atoms with Crippen molar-refractivity contribution in [2.24, 2.45) is 0 Å².